The van der Waals surface area contributed by atoms with Crippen LogP contribution in [-0.2, 0) is 9.53 Å². The molecule has 1 aromatic rings. The molecule has 5 aliphatic rings. The van der Waals surface area contributed by atoms with Crippen LogP contribution in [0.15, 0.2) is 12.1 Å². The van der Waals surface area contributed by atoms with Crippen LogP contribution in [0.3, 0.4) is 0 Å². The Kier molecular flexibility index (Phi) is 6.93. The zero-order valence-electron chi connectivity index (χ0n) is 21.0. The number of carbonyl (C=O) groups is 2. The Labute approximate surface area is 207 Å². The van der Waals surface area contributed by atoms with Crippen molar-refractivity contribution in [2.75, 3.05) is 31.7 Å². The average Bonchev–Trinajstić information content (AvgIpc) is 2.83. The molecular formula is C27H39N3O5. The van der Waals surface area contributed by atoms with Gasteiger partial charge < -0.3 is 24.8 Å². The standard InChI is InChI=1S/C27H39N3O5/c1-3-9-35-26-21(6-7-22(28-26)30-8-4-5-17(16-30)12-23(31)34-2)25(32)29-24-19-10-18-11-20(24)15-27(33,13-18)14-19/h6-7,17-20,24,33H,3-5,8-16H2,1-2H3,(H,29,32)/t17-,18?,19-,20-,24?,27?/m0/s1. The van der Waals surface area contributed by atoms with E-state index in [0.29, 0.717) is 42.2 Å². The van der Waals surface area contributed by atoms with Gasteiger partial charge in [-0.15, -0.1) is 0 Å². The third-order valence-electron chi connectivity index (χ3n) is 8.60. The molecule has 5 fully saturated rings. The number of hydrogen-bond acceptors (Lipinski definition) is 7. The summed E-state index contributed by atoms with van der Waals surface area (Å²) in [4.78, 5) is 32.1. The van der Waals surface area contributed by atoms with Crippen LogP contribution in [0, 0.1) is 23.7 Å². The monoisotopic (exact) mass is 485 g/mol. The van der Waals surface area contributed by atoms with Crippen LogP contribution in [0.2, 0.25) is 0 Å². The van der Waals surface area contributed by atoms with E-state index in [1.165, 1.54) is 7.11 Å². The number of methoxy groups -OCH3 is 1. The highest BCUT2D eigenvalue weighted by Gasteiger charge is 2.55. The molecule has 8 heteroatoms. The maximum Gasteiger partial charge on any atom is 0.305 e. The molecule has 8 nitrogen and oxygen atoms in total. The minimum absolute atomic E-state index is 0.110. The number of anilines is 1. The summed E-state index contributed by atoms with van der Waals surface area (Å²) < 4.78 is 10.8. The van der Waals surface area contributed by atoms with E-state index in [-0.39, 0.29) is 23.8 Å². The number of carbonyl (C=O) groups excluding carboxylic acids is 2. The summed E-state index contributed by atoms with van der Waals surface area (Å²) in [5, 5.41) is 14.2. The Morgan fingerprint density at radius 1 is 1.23 bits per heavy atom. The Hall–Kier alpha value is -2.35. The second-order valence-corrected chi connectivity index (χ2v) is 11.3. The van der Waals surface area contributed by atoms with Crippen LogP contribution in [-0.4, -0.2) is 60.4 Å². The van der Waals surface area contributed by atoms with E-state index < -0.39 is 5.60 Å². The summed E-state index contributed by atoms with van der Waals surface area (Å²) in [7, 11) is 1.43. The summed E-state index contributed by atoms with van der Waals surface area (Å²) >= 11 is 0. The SMILES string of the molecule is CCCOc1nc(N2CCC[C@@H](CC(=O)OC)C2)ccc1C(=O)NC1[C@H]2CC3C[C@H]1CC(O)(C3)C2. The molecule has 4 saturated carbocycles. The molecule has 1 amide bonds. The number of aromatic nitrogens is 1. The van der Waals surface area contributed by atoms with Crippen molar-refractivity contribution < 1.29 is 24.2 Å². The van der Waals surface area contributed by atoms with Gasteiger partial charge in [-0.3, -0.25) is 9.59 Å². The van der Waals surface area contributed by atoms with E-state index in [1.54, 1.807) is 0 Å². The van der Waals surface area contributed by atoms with Crippen LogP contribution >= 0.6 is 0 Å². The van der Waals surface area contributed by atoms with E-state index in [2.05, 4.69) is 10.2 Å². The number of aliphatic hydroxyl groups is 1. The molecular weight excluding hydrogens is 446 g/mol. The largest absolute Gasteiger partial charge is 0.477 e. The van der Waals surface area contributed by atoms with E-state index in [9.17, 15) is 14.7 Å². The van der Waals surface area contributed by atoms with Gasteiger partial charge in [0.25, 0.3) is 5.91 Å². The molecule has 3 atom stereocenters. The molecule has 4 aliphatic carbocycles. The van der Waals surface area contributed by atoms with E-state index >= 15 is 0 Å². The summed E-state index contributed by atoms with van der Waals surface area (Å²) in [6.07, 6.45) is 7.92. The predicted octanol–water partition coefficient (Wildman–Crippen LogP) is 3.32. The number of hydrogen-bond donors (Lipinski definition) is 2. The number of rotatable bonds is 8. The molecule has 0 unspecified atom stereocenters. The zero-order valence-corrected chi connectivity index (χ0v) is 21.0. The van der Waals surface area contributed by atoms with E-state index in [1.807, 2.05) is 19.1 Å². The molecule has 0 aromatic carbocycles. The number of ether oxygens (including phenoxy) is 2. The number of nitrogens with zero attached hydrogens (tertiary/aromatic N) is 2. The molecule has 2 heterocycles. The quantitative estimate of drug-likeness (QED) is 0.545. The number of piperidine rings is 1. The summed E-state index contributed by atoms with van der Waals surface area (Å²) in [5.74, 6) is 2.36. The Bertz CT molecular complexity index is 937. The first kappa shape index (κ1) is 24.3. The van der Waals surface area contributed by atoms with Gasteiger partial charge in [-0.1, -0.05) is 6.92 Å². The van der Waals surface area contributed by atoms with Gasteiger partial charge in [0.15, 0.2) is 0 Å². The number of nitrogens with one attached hydrogen (secondary N) is 1. The summed E-state index contributed by atoms with van der Waals surface area (Å²) in [6, 6.07) is 3.84. The van der Waals surface area contributed by atoms with Gasteiger partial charge in [0.1, 0.15) is 11.4 Å². The van der Waals surface area contributed by atoms with Crippen molar-refractivity contribution >= 4 is 17.7 Å². The van der Waals surface area contributed by atoms with Crippen LogP contribution in [0.25, 0.3) is 0 Å². The third kappa shape index (κ3) is 5.13. The van der Waals surface area contributed by atoms with Gasteiger partial charge in [-0.25, -0.2) is 0 Å². The Morgan fingerprint density at radius 3 is 2.69 bits per heavy atom. The lowest BCUT2D eigenvalue weighted by Crippen LogP contribution is -2.61. The van der Waals surface area contributed by atoms with Crippen molar-refractivity contribution in [3.63, 3.8) is 0 Å². The van der Waals surface area contributed by atoms with E-state index in [4.69, 9.17) is 14.5 Å². The second kappa shape index (κ2) is 9.96. The fourth-order valence-electron chi connectivity index (χ4n) is 7.29. The maximum absolute atomic E-state index is 13.4. The van der Waals surface area contributed by atoms with Crippen LogP contribution in [0.1, 0.15) is 75.1 Å². The number of amides is 1. The van der Waals surface area contributed by atoms with Crippen LogP contribution < -0.4 is 15.0 Å². The van der Waals surface area contributed by atoms with Crippen LogP contribution in [0.4, 0.5) is 5.82 Å². The first-order chi connectivity index (χ1) is 16.9. The van der Waals surface area contributed by atoms with Gasteiger partial charge >= 0.3 is 5.97 Å². The van der Waals surface area contributed by atoms with E-state index in [0.717, 1.165) is 70.3 Å². The van der Waals surface area contributed by atoms with Crippen molar-refractivity contribution in [1.82, 2.24) is 10.3 Å². The lowest BCUT2D eigenvalue weighted by molar-refractivity contribution is -0.141. The number of esters is 1. The molecule has 35 heavy (non-hydrogen) atoms. The highest BCUT2D eigenvalue weighted by atomic mass is 16.5. The summed E-state index contributed by atoms with van der Waals surface area (Å²) in [6.45, 7) is 4.12. The molecule has 1 saturated heterocycles. The molecule has 0 spiro atoms. The molecule has 4 bridgehead atoms. The van der Waals surface area contributed by atoms with Crippen molar-refractivity contribution in [3.8, 4) is 5.88 Å². The molecule has 1 aromatic heterocycles. The topological polar surface area (TPSA) is 101 Å². The zero-order chi connectivity index (χ0) is 24.6. The van der Waals surface area contributed by atoms with Crippen molar-refractivity contribution in [3.05, 3.63) is 17.7 Å². The maximum atomic E-state index is 13.4. The molecule has 2 N–H and O–H groups in total. The fourth-order valence-corrected chi connectivity index (χ4v) is 7.29. The fraction of sp³-hybridized carbons (Fsp3) is 0.741. The van der Waals surface area contributed by atoms with Gasteiger partial charge in [0, 0.05) is 25.6 Å². The number of pyridine rings is 1. The van der Waals surface area contributed by atoms with Crippen molar-refractivity contribution in [2.24, 2.45) is 23.7 Å². The average molecular weight is 486 g/mol. The third-order valence-corrected chi connectivity index (χ3v) is 8.60. The van der Waals surface area contributed by atoms with Crippen molar-refractivity contribution in [1.29, 1.82) is 0 Å². The highest BCUT2D eigenvalue weighted by molar-refractivity contribution is 5.97. The second-order valence-electron chi connectivity index (χ2n) is 11.3. The Morgan fingerprint density at radius 2 is 2.00 bits per heavy atom. The predicted molar refractivity (Wildman–Crippen MR) is 131 cm³/mol. The highest BCUT2D eigenvalue weighted by Crippen LogP contribution is 2.55. The Balaban J connectivity index is 1.31. The van der Waals surface area contributed by atoms with Crippen LogP contribution in [0.5, 0.6) is 5.88 Å². The lowest BCUT2D eigenvalue weighted by atomic mass is 9.52. The molecule has 6 rings (SSSR count). The minimum Gasteiger partial charge on any atom is -0.477 e. The summed E-state index contributed by atoms with van der Waals surface area (Å²) in [5.41, 5.74) is -0.0471. The lowest BCUT2D eigenvalue weighted by Gasteiger charge is -2.58. The molecule has 1 aliphatic heterocycles. The first-order valence-electron chi connectivity index (χ1n) is 13.4. The van der Waals surface area contributed by atoms with Crippen molar-refractivity contribution in [2.45, 2.75) is 76.4 Å². The van der Waals surface area contributed by atoms with Gasteiger partial charge in [-0.05, 0) is 87.2 Å². The normalized spacial score (nSPS) is 33.5. The molecule has 192 valence electrons. The molecule has 0 radical (unpaired) electrons. The van der Waals surface area contributed by atoms with Gasteiger partial charge in [0.2, 0.25) is 5.88 Å². The smallest absolute Gasteiger partial charge is 0.305 e. The van der Waals surface area contributed by atoms with Gasteiger partial charge in [-0.2, -0.15) is 4.98 Å². The first-order valence-corrected chi connectivity index (χ1v) is 13.4. The minimum atomic E-state index is -0.517. The van der Waals surface area contributed by atoms with Gasteiger partial charge in [0.05, 0.1) is 19.3 Å².